The van der Waals surface area contributed by atoms with E-state index in [4.69, 9.17) is 9.68 Å². The Morgan fingerprint density at radius 1 is 1.55 bits per heavy atom. The van der Waals surface area contributed by atoms with Crippen molar-refractivity contribution in [3.63, 3.8) is 0 Å². The Labute approximate surface area is 114 Å². The smallest absolute Gasteiger partial charge is 0.328 e. The highest BCUT2D eigenvalue weighted by atomic mass is 16.6. The van der Waals surface area contributed by atoms with E-state index in [1.807, 2.05) is 0 Å². The van der Waals surface area contributed by atoms with Gasteiger partial charge in [0.05, 0.1) is 17.2 Å². The van der Waals surface area contributed by atoms with E-state index in [0.29, 0.717) is 11.7 Å². The Hall–Kier alpha value is -2.95. The Kier molecular flexibility index (Phi) is 3.61. The summed E-state index contributed by atoms with van der Waals surface area (Å²) in [6.45, 7) is 3.74. The Morgan fingerprint density at radius 2 is 2.30 bits per heavy atom. The van der Waals surface area contributed by atoms with Crippen molar-refractivity contribution < 1.29 is 9.34 Å². The summed E-state index contributed by atoms with van der Waals surface area (Å²) in [6, 6.07) is 3.06. The van der Waals surface area contributed by atoms with E-state index in [1.54, 1.807) is 19.9 Å². The van der Waals surface area contributed by atoms with Gasteiger partial charge in [-0.3, -0.25) is 10.1 Å². The number of oxazole rings is 1. The maximum absolute atomic E-state index is 11.0. The molecule has 0 saturated carbocycles. The molecule has 0 aliphatic rings. The van der Waals surface area contributed by atoms with Gasteiger partial charge in [-0.2, -0.15) is 5.26 Å². The summed E-state index contributed by atoms with van der Waals surface area (Å²) in [5.74, 6) is 1.11. The molecule has 0 bridgehead atoms. The average Bonchev–Trinajstić information content (AvgIpc) is 2.74. The zero-order chi connectivity index (χ0) is 14.7. The second-order valence-electron chi connectivity index (χ2n) is 4.03. The Morgan fingerprint density at radius 3 is 2.85 bits per heavy atom. The van der Waals surface area contributed by atoms with Crippen LogP contribution in [0.1, 0.15) is 22.9 Å². The fourth-order valence-electron chi connectivity index (χ4n) is 1.63. The Bertz CT molecular complexity index is 682. The highest BCUT2D eigenvalue weighted by molar-refractivity contribution is 5.63. The second kappa shape index (κ2) is 5.36. The number of rotatable bonds is 4. The van der Waals surface area contributed by atoms with Crippen LogP contribution in [0.3, 0.4) is 0 Å². The second-order valence-corrected chi connectivity index (χ2v) is 4.03. The van der Waals surface area contributed by atoms with Crippen LogP contribution in [0.4, 0.5) is 11.5 Å². The molecule has 0 saturated heterocycles. The van der Waals surface area contributed by atoms with E-state index in [9.17, 15) is 10.1 Å². The van der Waals surface area contributed by atoms with E-state index in [1.165, 1.54) is 12.3 Å². The van der Waals surface area contributed by atoms with Crippen LogP contribution in [0, 0.1) is 35.3 Å². The SMILES string of the molecule is Cc1nc(CNc2nccc(C#N)c2[N+](=O)[O-])oc1C. The number of aryl methyl sites for hydroxylation is 2. The van der Waals surface area contributed by atoms with Gasteiger partial charge in [0, 0.05) is 6.20 Å². The molecule has 0 unspecified atom stereocenters. The van der Waals surface area contributed by atoms with Gasteiger partial charge in [0.2, 0.25) is 11.7 Å². The lowest BCUT2D eigenvalue weighted by molar-refractivity contribution is -0.384. The van der Waals surface area contributed by atoms with E-state index >= 15 is 0 Å². The van der Waals surface area contributed by atoms with Crippen LogP contribution in [0.5, 0.6) is 0 Å². The zero-order valence-electron chi connectivity index (χ0n) is 10.9. The van der Waals surface area contributed by atoms with Gasteiger partial charge in [0.25, 0.3) is 0 Å². The lowest BCUT2D eigenvalue weighted by atomic mass is 10.2. The maximum Gasteiger partial charge on any atom is 0.328 e. The largest absolute Gasteiger partial charge is 0.444 e. The fraction of sp³-hybridized carbons (Fsp3) is 0.250. The van der Waals surface area contributed by atoms with Crippen molar-refractivity contribution in [3.05, 3.63) is 45.3 Å². The van der Waals surface area contributed by atoms with E-state index in [-0.39, 0.29) is 23.6 Å². The van der Waals surface area contributed by atoms with Crippen LogP contribution in [0.2, 0.25) is 0 Å². The summed E-state index contributed by atoms with van der Waals surface area (Å²) in [5, 5.41) is 22.6. The summed E-state index contributed by atoms with van der Waals surface area (Å²) in [7, 11) is 0. The van der Waals surface area contributed by atoms with Crippen molar-refractivity contribution in [1.29, 1.82) is 5.26 Å². The van der Waals surface area contributed by atoms with Crippen molar-refractivity contribution in [2.24, 2.45) is 0 Å². The normalized spacial score (nSPS) is 10.1. The Balaban J connectivity index is 2.26. The molecule has 0 atom stereocenters. The number of pyridine rings is 1. The molecule has 20 heavy (non-hydrogen) atoms. The molecule has 0 aliphatic heterocycles. The van der Waals surface area contributed by atoms with Crippen LogP contribution < -0.4 is 5.32 Å². The molecular formula is C12H11N5O3. The van der Waals surface area contributed by atoms with Crippen LogP contribution in [0.25, 0.3) is 0 Å². The monoisotopic (exact) mass is 273 g/mol. The molecule has 0 aliphatic carbocycles. The van der Waals surface area contributed by atoms with Gasteiger partial charge in [-0.05, 0) is 19.9 Å². The molecule has 2 rings (SSSR count). The highest BCUT2D eigenvalue weighted by Gasteiger charge is 2.21. The number of nitrogens with zero attached hydrogens (tertiary/aromatic N) is 4. The van der Waals surface area contributed by atoms with Gasteiger partial charge >= 0.3 is 5.69 Å². The first-order valence-corrected chi connectivity index (χ1v) is 5.73. The van der Waals surface area contributed by atoms with Crippen molar-refractivity contribution in [1.82, 2.24) is 9.97 Å². The van der Waals surface area contributed by atoms with E-state index < -0.39 is 4.92 Å². The first-order valence-electron chi connectivity index (χ1n) is 5.73. The van der Waals surface area contributed by atoms with Gasteiger partial charge in [-0.1, -0.05) is 0 Å². The molecule has 8 nitrogen and oxygen atoms in total. The molecule has 2 aromatic heterocycles. The predicted molar refractivity (Wildman–Crippen MR) is 68.9 cm³/mol. The van der Waals surface area contributed by atoms with E-state index in [0.717, 1.165) is 5.69 Å². The molecule has 0 fully saturated rings. The molecule has 0 amide bonds. The van der Waals surface area contributed by atoms with Crippen LogP contribution in [-0.2, 0) is 6.54 Å². The molecular weight excluding hydrogens is 262 g/mol. The number of nitrogens with one attached hydrogen (secondary N) is 1. The quantitative estimate of drug-likeness (QED) is 0.669. The number of nitro groups is 1. The molecule has 2 aromatic rings. The third-order valence-corrected chi connectivity index (χ3v) is 2.71. The first kappa shape index (κ1) is 13.5. The van der Waals surface area contributed by atoms with Crippen molar-refractivity contribution in [2.75, 3.05) is 5.32 Å². The number of aromatic nitrogens is 2. The molecule has 0 spiro atoms. The van der Waals surface area contributed by atoms with Gasteiger partial charge in [0.15, 0.2) is 0 Å². The first-order chi connectivity index (χ1) is 9.52. The zero-order valence-corrected chi connectivity index (χ0v) is 10.9. The molecule has 1 N–H and O–H groups in total. The number of nitriles is 1. The summed E-state index contributed by atoms with van der Waals surface area (Å²) < 4.78 is 5.36. The van der Waals surface area contributed by atoms with Crippen LogP contribution in [-0.4, -0.2) is 14.9 Å². The van der Waals surface area contributed by atoms with Gasteiger partial charge in [-0.15, -0.1) is 0 Å². The van der Waals surface area contributed by atoms with Gasteiger partial charge in [0.1, 0.15) is 17.4 Å². The third kappa shape index (κ3) is 2.56. The highest BCUT2D eigenvalue weighted by Crippen LogP contribution is 2.26. The van der Waals surface area contributed by atoms with Gasteiger partial charge < -0.3 is 9.73 Å². The van der Waals surface area contributed by atoms with Crippen LogP contribution >= 0.6 is 0 Å². The minimum absolute atomic E-state index is 0.0163. The summed E-state index contributed by atoms with van der Waals surface area (Å²) in [5.41, 5.74) is 0.359. The molecule has 0 radical (unpaired) electrons. The number of hydrogen-bond acceptors (Lipinski definition) is 7. The molecule has 102 valence electrons. The predicted octanol–water partition coefficient (Wildman–Crippen LogP) is 2.08. The summed E-state index contributed by atoms with van der Waals surface area (Å²) in [4.78, 5) is 18.4. The van der Waals surface area contributed by atoms with Crippen molar-refractivity contribution >= 4 is 11.5 Å². The molecule has 0 aromatic carbocycles. The molecule has 2 heterocycles. The lowest BCUT2D eigenvalue weighted by Crippen LogP contribution is -2.06. The minimum Gasteiger partial charge on any atom is -0.444 e. The summed E-state index contributed by atoms with van der Waals surface area (Å²) >= 11 is 0. The molecule has 8 heteroatoms. The van der Waals surface area contributed by atoms with E-state index in [2.05, 4.69) is 15.3 Å². The standard InChI is InChI=1S/C12H11N5O3/c1-7-8(2)20-10(16-7)6-15-12-11(17(18)19)9(5-13)3-4-14-12/h3-4H,6H2,1-2H3,(H,14,15). The summed E-state index contributed by atoms with van der Waals surface area (Å²) in [6.07, 6.45) is 1.33. The van der Waals surface area contributed by atoms with Gasteiger partial charge in [-0.25, -0.2) is 9.97 Å². The maximum atomic E-state index is 11.0. The fourth-order valence-corrected chi connectivity index (χ4v) is 1.63. The average molecular weight is 273 g/mol. The van der Waals surface area contributed by atoms with Crippen LogP contribution in [0.15, 0.2) is 16.7 Å². The minimum atomic E-state index is -0.639. The van der Waals surface area contributed by atoms with Crippen molar-refractivity contribution in [2.45, 2.75) is 20.4 Å². The third-order valence-electron chi connectivity index (χ3n) is 2.71. The topological polar surface area (TPSA) is 118 Å². The lowest BCUT2D eigenvalue weighted by Gasteiger charge is -2.04. The number of hydrogen-bond donors (Lipinski definition) is 1. The van der Waals surface area contributed by atoms with Crippen molar-refractivity contribution in [3.8, 4) is 6.07 Å². The number of anilines is 1.